The van der Waals surface area contributed by atoms with Gasteiger partial charge in [-0.3, -0.25) is 0 Å². The molecular formula is C19H20N2O2S. The molecule has 2 aromatic carbocycles. The summed E-state index contributed by atoms with van der Waals surface area (Å²) in [5, 5.41) is 6.04. The molecule has 1 aromatic heterocycles. The largest absolute Gasteiger partial charge is 0.494 e. The predicted molar refractivity (Wildman–Crippen MR) is 97.4 cm³/mol. The van der Waals surface area contributed by atoms with E-state index >= 15 is 0 Å². The van der Waals surface area contributed by atoms with Gasteiger partial charge in [0.25, 0.3) is 0 Å². The summed E-state index contributed by atoms with van der Waals surface area (Å²) in [7, 11) is 0. The molecule has 4 nitrogen and oxygen atoms in total. The molecule has 5 heteroatoms. The van der Waals surface area contributed by atoms with Crippen molar-refractivity contribution >= 4 is 11.5 Å². The van der Waals surface area contributed by atoms with E-state index in [2.05, 4.69) is 46.0 Å². The van der Waals surface area contributed by atoms with Gasteiger partial charge in [-0.1, -0.05) is 40.9 Å². The summed E-state index contributed by atoms with van der Waals surface area (Å²) in [6.07, 6.45) is 0.905. The Morgan fingerprint density at radius 1 is 0.875 bits per heavy atom. The highest BCUT2D eigenvalue weighted by molar-refractivity contribution is 7.03. The van der Waals surface area contributed by atoms with Gasteiger partial charge in [0.1, 0.15) is 11.4 Å². The number of rotatable bonds is 8. The van der Waals surface area contributed by atoms with Crippen LogP contribution in [0.15, 0.2) is 53.9 Å². The second-order valence-corrected chi connectivity index (χ2v) is 5.90. The van der Waals surface area contributed by atoms with E-state index < -0.39 is 0 Å². The zero-order valence-corrected chi connectivity index (χ0v) is 14.5. The summed E-state index contributed by atoms with van der Waals surface area (Å²) in [5.74, 6) is 0.889. The molecule has 0 aliphatic rings. The van der Waals surface area contributed by atoms with E-state index in [9.17, 15) is 0 Å². The highest BCUT2D eigenvalue weighted by Crippen LogP contribution is 2.25. The molecule has 0 atom stereocenters. The second-order valence-electron chi connectivity index (χ2n) is 5.29. The smallest absolute Gasteiger partial charge is 0.119 e. The Balaban J connectivity index is 1.59. The van der Waals surface area contributed by atoms with E-state index in [1.54, 1.807) is 0 Å². The first-order valence-corrected chi connectivity index (χ1v) is 8.89. The lowest BCUT2D eigenvalue weighted by Gasteiger charge is -2.08. The van der Waals surface area contributed by atoms with Crippen molar-refractivity contribution in [2.45, 2.75) is 13.3 Å². The van der Waals surface area contributed by atoms with Crippen molar-refractivity contribution in [1.82, 2.24) is 9.59 Å². The molecule has 0 aliphatic carbocycles. The van der Waals surface area contributed by atoms with Crippen LogP contribution in [-0.4, -0.2) is 29.4 Å². The van der Waals surface area contributed by atoms with Gasteiger partial charge in [0.05, 0.1) is 6.61 Å². The maximum absolute atomic E-state index is 5.72. The standard InChI is InChI=1S/C19H20N2O2S/c1-2-22-12-3-13-23-18-10-8-16(9-11-18)15-4-6-17(7-5-15)19-14-24-21-20-19/h4-11,14H,2-3,12-13H2,1H3. The molecule has 24 heavy (non-hydrogen) atoms. The Bertz CT molecular complexity index is 725. The van der Waals surface area contributed by atoms with Crippen molar-refractivity contribution in [1.29, 1.82) is 0 Å². The normalized spacial score (nSPS) is 10.7. The fraction of sp³-hybridized carbons (Fsp3) is 0.263. The van der Waals surface area contributed by atoms with Gasteiger partial charge in [-0.2, -0.15) is 0 Å². The van der Waals surface area contributed by atoms with Gasteiger partial charge in [-0.25, -0.2) is 0 Å². The number of benzene rings is 2. The highest BCUT2D eigenvalue weighted by Gasteiger charge is 2.03. The first-order chi connectivity index (χ1) is 11.9. The van der Waals surface area contributed by atoms with Gasteiger partial charge in [-0.15, -0.1) is 5.10 Å². The van der Waals surface area contributed by atoms with Crippen molar-refractivity contribution in [3.05, 3.63) is 53.9 Å². The summed E-state index contributed by atoms with van der Waals surface area (Å²) in [5.41, 5.74) is 4.34. The van der Waals surface area contributed by atoms with Gasteiger partial charge in [0.15, 0.2) is 0 Å². The fourth-order valence-corrected chi connectivity index (χ4v) is 2.83. The summed E-state index contributed by atoms with van der Waals surface area (Å²) < 4.78 is 14.9. The summed E-state index contributed by atoms with van der Waals surface area (Å²) >= 11 is 1.36. The predicted octanol–water partition coefficient (Wildman–Crippen LogP) is 4.68. The van der Waals surface area contributed by atoms with E-state index in [4.69, 9.17) is 9.47 Å². The van der Waals surface area contributed by atoms with Gasteiger partial charge in [0.2, 0.25) is 0 Å². The Morgan fingerprint density at radius 2 is 1.54 bits per heavy atom. The summed E-state index contributed by atoms with van der Waals surface area (Å²) in [4.78, 5) is 0. The Hall–Kier alpha value is -2.24. The van der Waals surface area contributed by atoms with E-state index in [1.165, 1.54) is 22.7 Å². The van der Waals surface area contributed by atoms with Crippen molar-refractivity contribution in [2.24, 2.45) is 0 Å². The minimum Gasteiger partial charge on any atom is -0.494 e. The first kappa shape index (κ1) is 16.6. The Kier molecular flexibility index (Phi) is 5.93. The van der Waals surface area contributed by atoms with E-state index in [0.717, 1.165) is 36.6 Å². The Labute approximate surface area is 146 Å². The zero-order chi connectivity index (χ0) is 16.6. The minimum absolute atomic E-state index is 0.676. The molecule has 0 N–H and O–H groups in total. The average molecular weight is 340 g/mol. The van der Waals surface area contributed by atoms with Gasteiger partial charge in [0, 0.05) is 30.6 Å². The molecular weight excluding hydrogens is 320 g/mol. The van der Waals surface area contributed by atoms with Crippen molar-refractivity contribution in [3.63, 3.8) is 0 Å². The molecule has 3 rings (SSSR count). The topological polar surface area (TPSA) is 44.2 Å². The first-order valence-electron chi connectivity index (χ1n) is 8.05. The molecule has 124 valence electrons. The minimum atomic E-state index is 0.676. The monoisotopic (exact) mass is 340 g/mol. The van der Waals surface area contributed by atoms with Crippen LogP contribution in [0.25, 0.3) is 22.4 Å². The SMILES string of the molecule is CCOCCCOc1ccc(-c2ccc(-c3csnn3)cc2)cc1. The van der Waals surface area contributed by atoms with Crippen LogP contribution in [0.3, 0.4) is 0 Å². The molecule has 0 fully saturated rings. The lowest BCUT2D eigenvalue weighted by Crippen LogP contribution is -2.02. The molecule has 0 unspecified atom stereocenters. The van der Waals surface area contributed by atoms with Gasteiger partial charge < -0.3 is 9.47 Å². The summed E-state index contributed by atoms with van der Waals surface area (Å²) in [6, 6.07) is 16.5. The third kappa shape index (κ3) is 4.40. The fourth-order valence-electron chi connectivity index (χ4n) is 2.36. The molecule has 0 saturated heterocycles. The highest BCUT2D eigenvalue weighted by atomic mass is 32.1. The number of nitrogens with zero attached hydrogens (tertiary/aromatic N) is 2. The molecule has 0 bridgehead atoms. The number of hydrogen-bond donors (Lipinski definition) is 0. The Morgan fingerprint density at radius 3 is 2.17 bits per heavy atom. The second kappa shape index (κ2) is 8.57. The molecule has 1 heterocycles. The third-order valence-electron chi connectivity index (χ3n) is 3.63. The zero-order valence-electron chi connectivity index (χ0n) is 13.6. The van der Waals surface area contributed by atoms with Crippen LogP contribution in [-0.2, 0) is 4.74 Å². The van der Waals surface area contributed by atoms with Crippen LogP contribution in [0.1, 0.15) is 13.3 Å². The van der Waals surface area contributed by atoms with Crippen LogP contribution in [0, 0.1) is 0 Å². The van der Waals surface area contributed by atoms with Crippen molar-refractivity contribution in [2.75, 3.05) is 19.8 Å². The van der Waals surface area contributed by atoms with Crippen molar-refractivity contribution < 1.29 is 9.47 Å². The van der Waals surface area contributed by atoms with Gasteiger partial charge >= 0.3 is 0 Å². The maximum Gasteiger partial charge on any atom is 0.119 e. The lowest BCUT2D eigenvalue weighted by atomic mass is 10.0. The average Bonchev–Trinajstić information content (AvgIpc) is 3.17. The molecule has 0 radical (unpaired) electrons. The number of hydrogen-bond acceptors (Lipinski definition) is 5. The molecule has 3 aromatic rings. The summed E-state index contributed by atoms with van der Waals surface area (Å²) in [6.45, 7) is 4.18. The molecule has 0 saturated carbocycles. The number of aromatic nitrogens is 2. The third-order valence-corrected chi connectivity index (χ3v) is 4.14. The van der Waals surface area contributed by atoms with E-state index in [-0.39, 0.29) is 0 Å². The van der Waals surface area contributed by atoms with E-state index in [1.807, 2.05) is 24.4 Å². The van der Waals surface area contributed by atoms with Gasteiger partial charge in [-0.05, 0) is 41.7 Å². The van der Waals surface area contributed by atoms with Crippen LogP contribution >= 0.6 is 11.5 Å². The molecule has 0 amide bonds. The quantitative estimate of drug-likeness (QED) is 0.559. The molecule has 0 spiro atoms. The number of ether oxygens (including phenoxy) is 2. The lowest BCUT2D eigenvalue weighted by molar-refractivity contribution is 0.131. The van der Waals surface area contributed by atoms with E-state index in [0.29, 0.717) is 6.61 Å². The molecule has 0 aliphatic heterocycles. The van der Waals surface area contributed by atoms with Crippen LogP contribution in [0.2, 0.25) is 0 Å². The van der Waals surface area contributed by atoms with Crippen LogP contribution in [0.4, 0.5) is 0 Å². The maximum atomic E-state index is 5.72. The van der Waals surface area contributed by atoms with Crippen LogP contribution < -0.4 is 4.74 Å². The van der Waals surface area contributed by atoms with Crippen LogP contribution in [0.5, 0.6) is 5.75 Å². The van der Waals surface area contributed by atoms with Crippen molar-refractivity contribution in [3.8, 4) is 28.1 Å².